The minimum absolute atomic E-state index is 0.847. The summed E-state index contributed by atoms with van der Waals surface area (Å²) in [4.78, 5) is 0. The van der Waals surface area contributed by atoms with Crippen molar-refractivity contribution in [3.05, 3.63) is 53.6 Å². The maximum Gasteiger partial charge on any atom is 0.0905 e. The Balaban J connectivity index is 2.52. The van der Waals surface area contributed by atoms with Crippen LogP contribution in [0, 0.1) is 0 Å². The van der Waals surface area contributed by atoms with E-state index in [0.29, 0.717) is 0 Å². The van der Waals surface area contributed by atoms with E-state index in [1.807, 2.05) is 12.1 Å². The maximum atomic E-state index is 5.37. The van der Waals surface area contributed by atoms with Gasteiger partial charge in [0.15, 0.2) is 0 Å². The molecule has 0 spiro atoms. The largest absolute Gasteiger partial charge is 0.323 e. The lowest BCUT2D eigenvalue weighted by molar-refractivity contribution is 1.25. The van der Waals surface area contributed by atoms with Crippen molar-refractivity contribution in [1.29, 1.82) is 0 Å². The molecule has 0 radical (unpaired) electrons. The van der Waals surface area contributed by atoms with Gasteiger partial charge in [0.2, 0.25) is 0 Å². The number of hydrogen-bond donors (Lipinski definition) is 1. The van der Waals surface area contributed by atoms with Crippen molar-refractivity contribution >= 4 is 22.6 Å². The van der Waals surface area contributed by atoms with Crippen LogP contribution in [0.2, 0.25) is 0 Å². The zero-order valence-electron chi connectivity index (χ0n) is 8.14. The van der Waals surface area contributed by atoms with E-state index in [4.69, 9.17) is 5.84 Å². The van der Waals surface area contributed by atoms with Crippen LogP contribution in [0.3, 0.4) is 0 Å². The molecule has 0 saturated carbocycles. The molecule has 0 heterocycles. The predicted molar refractivity (Wildman–Crippen MR) is 63.7 cm³/mol. The quantitative estimate of drug-likeness (QED) is 0.508. The Labute approximate surface area is 87.7 Å². The Morgan fingerprint density at radius 3 is 2.53 bits per heavy atom. The van der Waals surface area contributed by atoms with Gasteiger partial charge < -0.3 is 5.84 Å². The van der Waals surface area contributed by atoms with Gasteiger partial charge in [0.1, 0.15) is 0 Å². The molecule has 0 unspecified atom stereocenters. The van der Waals surface area contributed by atoms with Gasteiger partial charge in [0.05, 0.1) is 5.71 Å². The third-order valence-electron chi connectivity index (χ3n) is 2.77. The first kappa shape index (κ1) is 8.24. The Hall–Kier alpha value is -2.09. The lowest BCUT2D eigenvalue weighted by Crippen LogP contribution is -2.05. The average molecular weight is 194 g/mol. The minimum atomic E-state index is 0.847. The molecule has 0 fully saturated rings. The van der Waals surface area contributed by atoms with Gasteiger partial charge in [0, 0.05) is 5.56 Å². The summed E-state index contributed by atoms with van der Waals surface area (Å²) in [5.74, 6) is 5.37. The monoisotopic (exact) mass is 194 g/mol. The Kier molecular flexibility index (Phi) is 1.62. The van der Waals surface area contributed by atoms with Gasteiger partial charge in [-0.1, -0.05) is 42.5 Å². The molecule has 0 aliphatic heterocycles. The second-order valence-corrected chi connectivity index (χ2v) is 3.60. The summed E-state index contributed by atoms with van der Waals surface area (Å²) in [7, 11) is 0. The molecule has 2 aromatic rings. The number of nitrogens with zero attached hydrogens (tertiary/aromatic N) is 1. The molecule has 3 rings (SSSR count). The highest BCUT2D eigenvalue weighted by Crippen LogP contribution is 2.28. The lowest BCUT2D eigenvalue weighted by Gasteiger charge is -2.13. The first-order chi connectivity index (χ1) is 7.40. The summed E-state index contributed by atoms with van der Waals surface area (Å²) in [5, 5.41) is 6.28. The van der Waals surface area contributed by atoms with Crippen LogP contribution in [-0.4, -0.2) is 5.71 Å². The Morgan fingerprint density at radius 2 is 1.73 bits per heavy atom. The number of benzene rings is 2. The topological polar surface area (TPSA) is 38.4 Å². The van der Waals surface area contributed by atoms with Crippen molar-refractivity contribution < 1.29 is 0 Å². The minimum Gasteiger partial charge on any atom is -0.323 e. The molecular weight excluding hydrogens is 184 g/mol. The maximum absolute atomic E-state index is 5.37. The van der Waals surface area contributed by atoms with Crippen LogP contribution in [0.1, 0.15) is 11.1 Å². The summed E-state index contributed by atoms with van der Waals surface area (Å²) in [5.41, 5.74) is 3.20. The fourth-order valence-corrected chi connectivity index (χ4v) is 2.09. The molecule has 1 aliphatic rings. The van der Waals surface area contributed by atoms with Gasteiger partial charge in [-0.2, -0.15) is 5.10 Å². The van der Waals surface area contributed by atoms with Gasteiger partial charge in [-0.3, -0.25) is 0 Å². The second-order valence-electron chi connectivity index (χ2n) is 3.60. The highest BCUT2D eigenvalue weighted by Gasteiger charge is 2.11. The number of hydrogen-bond acceptors (Lipinski definition) is 2. The van der Waals surface area contributed by atoms with E-state index in [9.17, 15) is 0 Å². The SMILES string of the molecule is N/N=C1\C=Cc2cccc3cccc1c23. The number of nitrogens with two attached hydrogens (primary N) is 1. The third kappa shape index (κ3) is 1.08. The van der Waals surface area contributed by atoms with E-state index >= 15 is 0 Å². The van der Waals surface area contributed by atoms with Crippen molar-refractivity contribution in [2.75, 3.05) is 0 Å². The summed E-state index contributed by atoms with van der Waals surface area (Å²) in [6.45, 7) is 0. The van der Waals surface area contributed by atoms with Gasteiger partial charge in [-0.25, -0.2) is 0 Å². The van der Waals surface area contributed by atoms with Gasteiger partial charge in [0.25, 0.3) is 0 Å². The molecule has 0 saturated heterocycles. The number of allylic oxidation sites excluding steroid dienone is 1. The molecule has 0 aromatic heterocycles. The van der Waals surface area contributed by atoms with Gasteiger partial charge >= 0.3 is 0 Å². The molecule has 2 aromatic carbocycles. The molecule has 72 valence electrons. The molecule has 0 bridgehead atoms. The van der Waals surface area contributed by atoms with Crippen LogP contribution in [0.25, 0.3) is 16.8 Å². The van der Waals surface area contributed by atoms with Crippen LogP contribution in [0.5, 0.6) is 0 Å². The molecule has 15 heavy (non-hydrogen) atoms. The van der Waals surface area contributed by atoms with Gasteiger partial charge in [-0.15, -0.1) is 0 Å². The van der Waals surface area contributed by atoms with Crippen LogP contribution >= 0.6 is 0 Å². The fourth-order valence-electron chi connectivity index (χ4n) is 2.09. The summed E-state index contributed by atoms with van der Waals surface area (Å²) < 4.78 is 0. The van der Waals surface area contributed by atoms with E-state index in [-0.39, 0.29) is 0 Å². The zero-order chi connectivity index (χ0) is 10.3. The molecule has 2 heteroatoms. The summed E-state index contributed by atoms with van der Waals surface area (Å²) >= 11 is 0. The smallest absolute Gasteiger partial charge is 0.0905 e. The lowest BCUT2D eigenvalue weighted by atomic mass is 9.92. The Morgan fingerprint density at radius 1 is 0.933 bits per heavy atom. The van der Waals surface area contributed by atoms with E-state index in [1.54, 1.807) is 0 Å². The van der Waals surface area contributed by atoms with Crippen LogP contribution in [0.4, 0.5) is 0 Å². The summed E-state index contributed by atoms with van der Waals surface area (Å²) in [6, 6.07) is 12.5. The Bertz CT molecular complexity index is 589. The number of hydrazone groups is 1. The first-order valence-electron chi connectivity index (χ1n) is 4.88. The first-order valence-corrected chi connectivity index (χ1v) is 4.88. The van der Waals surface area contributed by atoms with Crippen molar-refractivity contribution in [2.45, 2.75) is 0 Å². The molecule has 2 nitrogen and oxygen atoms in total. The highest BCUT2D eigenvalue weighted by atomic mass is 15.1. The second kappa shape index (κ2) is 2.95. The molecular formula is C13H10N2. The van der Waals surface area contributed by atoms with E-state index < -0.39 is 0 Å². The molecule has 0 amide bonds. The van der Waals surface area contributed by atoms with Crippen LogP contribution in [0.15, 0.2) is 47.6 Å². The molecule has 1 aliphatic carbocycles. The fraction of sp³-hybridized carbons (Fsp3) is 0. The van der Waals surface area contributed by atoms with Crippen molar-refractivity contribution in [1.82, 2.24) is 0 Å². The predicted octanol–water partition coefficient (Wildman–Crippen LogP) is 2.53. The summed E-state index contributed by atoms with van der Waals surface area (Å²) in [6.07, 6.45) is 4.01. The van der Waals surface area contributed by atoms with E-state index in [1.165, 1.54) is 16.3 Å². The molecule has 2 N–H and O–H groups in total. The van der Waals surface area contributed by atoms with Crippen LogP contribution < -0.4 is 5.84 Å². The van der Waals surface area contributed by atoms with E-state index in [0.717, 1.165) is 11.3 Å². The highest BCUT2D eigenvalue weighted by molar-refractivity contribution is 6.22. The standard InChI is InChI=1S/C13H10N2/c14-15-12-8-7-10-4-1-3-9-5-2-6-11(12)13(9)10/h1-8H,14H2/b15-12+. The molecule has 0 atom stereocenters. The van der Waals surface area contributed by atoms with Gasteiger partial charge in [-0.05, 0) is 22.4 Å². The average Bonchev–Trinajstić information content (AvgIpc) is 2.30. The van der Waals surface area contributed by atoms with Crippen molar-refractivity contribution in [2.24, 2.45) is 10.9 Å². The van der Waals surface area contributed by atoms with Crippen LogP contribution in [-0.2, 0) is 0 Å². The zero-order valence-corrected chi connectivity index (χ0v) is 8.14. The number of rotatable bonds is 0. The van der Waals surface area contributed by atoms with E-state index in [2.05, 4.69) is 41.5 Å². The third-order valence-corrected chi connectivity index (χ3v) is 2.77. The van der Waals surface area contributed by atoms with Crippen molar-refractivity contribution in [3.63, 3.8) is 0 Å². The normalized spacial score (nSPS) is 16.1. The van der Waals surface area contributed by atoms with Crippen molar-refractivity contribution in [3.8, 4) is 0 Å².